The third-order valence-corrected chi connectivity index (χ3v) is 3.04. The van der Waals surface area contributed by atoms with Crippen molar-refractivity contribution in [3.05, 3.63) is 29.6 Å². The molecule has 0 fully saturated rings. The second-order valence-corrected chi connectivity index (χ2v) is 5.06. The Kier molecular flexibility index (Phi) is 5.05. The van der Waals surface area contributed by atoms with E-state index in [1.807, 2.05) is 12.1 Å². The molecule has 96 valence electrons. The van der Waals surface area contributed by atoms with Gasteiger partial charge in [0.1, 0.15) is 0 Å². The van der Waals surface area contributed by atoms with Gasteiger partial charge >= 0.3 is 0 Å². The van der Waals surface area contributed by atoms with Gasteiger partial charge in [-0.3, -0.25) is 4.98 Å². The summed E-state index contributed by atoms with van der Waals surface area (Å²) >= 11 is 0. The van der Waals surface area contributed by atoms with E-state index in [4.69, 9.17) is 10.5 Å². The fourth-order valence-electron chi connectivity index (χ4n) is 1.20. The first-order chi connectivity index (χ1) is 7.95. The molecular weight excluding hydrogens is 214 g/mol. The van der Waals surface area contributed by atoms with Gasteiger partial charge in [-0.05, 0) is 39.6 Å². The number of nitrogens with zero attached hydrogens (tertiary/aromatic N) is 2. The van der Waals surface area contributed by atoms with Gasteiger partial charge in [-0.15, -0.1) is 0 Å². The quantitative estimate of drug-likeness (QED) is 0.812. The zero-order valence-electron chi connectivity index (χ0n) is 11.2. The molecule has 0 aliphatic heterocycles. The van der Waals surface area contributed by atoms with E-state index in [0.29, 0.717) is 19.8 Å². The minimum Gasteiger partial charge on any atom is -0.373 e. The van der Waals surface area contributed by atoms with Crippen molar-refractivity contribution in [1.82, 2.24) is 9.88 Å². The Hall–Kier alpha value is -0.970. The molecule has 0 saturated heterocycles. The van der Waals surface area contributed by atoms with Crippen LogP contribution in [-0.2, 0) is 17.9 Å². The first kappa shape index (κ1) is 14.1. The molecule has 0 unspecified atom stereocenters. The molecule has 0 saturated carbocycles. The van der Waals surface area contributed by atoms with Crippen molar-refractivity contribution in [2.45, 2.75) is 32.5 Å². The Labute approximate surface area is 104 Å². The minimum absolute atomic E-state index is 0.0389. The van der Waals surface area contributed by atoms with Crippen molar-refractivity contribution in [3.63, 3.8) is 0 Å². The highest BCUT2D eigenvalue weighted by molar-refractivity contribution is 5.13. The third kappa shape index (κ3) is 4.42. The van der Waals surface area contributed by atoms with E-state index in [0.717, 1.165) is 11.3 Å². The van der Waals surface area contributed by atoms with Gasteiger partial charge < -0.3 is 15.4 Å². The van der Waals surface area contributed by atoms with Crippen LogP contribution in [0.5, 0.6) is 0 Å². The van der Waals surface area contributed by atoms with E-state index in [2.05, 4.69) is 37.8 Å². The lowest BCUT2D eigenvalue weighted by atomic mass is 10.1. The second kappa shape index (κ2) is 6.10. The van der Waals surface area contributed by atoms with Gasteiger partial charge in [0.05, 0.1) is 18.9 Å². The van der Waals surface area contributed by atoms with Crippen molar-refractivity contribution < 1.29 is 4.74 Å². The Morgan fingerprint density at radius 2 is 2.06 bits per heavy atom. The van der Waals surface area contributed by atoms with Crippen LogP contribution in [0, 0.1) is 0 Å². The van der Waals surface area contributed by atoms with Gasteiger partial charge in [-0.2, -0.15) is 0 Å². The van der Waals surface area contributed by atoms with Gasteiger partial charge in [-0.1, -0.05) is 6.07 Å². The lowest BCUT2D eigenvalue weighted by Crippen LogP contribution is -2.42. The molecule has 0 atom stereocenters. The Bertz CT molecular complexity index is 333. The summed E-state index contributed by atoms with van der Waals surface area (Å²) in [6, 6.07) is 3.95. The summed E-state index contributed by atoms with van der Waals surface area (Å²) in [6.07, 6.45) is 1.80. The Morgan fingerprint density at radius 1 is 1.35 bits per heavy atom. The maximum Gasteiger partial charge on any atom is 0.0888 e. The van der Waals surface area contributed by atoms with Gasteiger partial charge in [0.15, 0.2) is 0 Å². The van der Waals surface area contributed by atoms with Crippen LogP contribution in [0.1, 0.15) is 25.1 Å². The highest BCUT2D eigenvalue weighted by Gasteiger charge is 2.20. The smallest absolute Gasteiger partial charge is 0.0888 e. The average molecular weight is 237 g/mol. The summed E-state index contributed by atoms with van der Waals surface area (Å²) < 4.78 is 5.68. The van der Waals surface area contributed by atoms with Crippen LogP contribution in [0.25, 0.3) is 0 Å². The molecule has 0 amide bonds. The summed E-state index contributed by atoms with van der Waals surface area (Å²) in [5, 5.41) is 0. The van der Waals surface area contributed by atoms with Crippen molar-refractivity contribution in [3.8, 4) is 0 Å². The maximum absolute atomic E-state index is 5.68. The van der Waals surface area contributed by atoms with E-state index in [-0.39, 0.29) is 5.54 Å². The lowest BCUT2D eigenvalue weighted by Gasteiger charge is -2.32. The maximum atomic E-state index is 5.68. The molecule has 1 aromatic heterocycles. The number of rotatable bonds is 6. The molecule has 17 heavy (non-hydrogen) atoms. The van der Waals surface area contributed by atoms with Crippen LogP contribution in [0.4, 0.5) is 0 Å². The van der Waals surface area contributed by atoms with Crippen LogP contribution in [0.3, 0.4) is 0 Å². The molecule has 1 rings (SSSR count). The van der Waals surface area contributed by atoms with E-state index in [1.54, 1.807) is 6.20 Å². The molecule has 0 spiro atoms. The topological polar surface area (TPSA) is 51.4 Å². The first-order valence-electron chi connectivity index (χ1n) is 5.85. The molecule has 4 heteroatoms. The van der Waals surface area contributed by atoms with E-state index in [1.165, 1.54) is 0 Å². The second-order valence-electron chi connectivity index (χ2n) is 5.06. The number of pyridine rings is 1. The van der Waals surface area contributed by atoms with Crippen molar-refractivity contribution in [2.24, 2.45) is 5.73 Å². The molecule has 1 heterocycles. The fourth-order valence-corrected chi connectivity index (χ4v) is 1.20. The number of hydrogen-bond donors (Lipinski definition) is 1. The van der Waals surface area contributed by atoms with Crippen LogP contribution >= 0.6 is 0 Å². The van der Waals surface area contributed by atoms with Crippen LogP contribution in [0.2, 0.25) is 0 Å². The van der Waals surface area contributed by atoms with Crippen LogP contribution in [-0.4, -0.2) is 36.1 Å². The summed E-state index contributed by atoms with van der Waals surface area (Å²) in [7, 11) is 4.11. The van der Waals surface area contributed by atoms with Gasteiger partial charge in [0, 0.05) is 18.3 Å². The summed E-state index contributed by atoms with van der Waals surface area (Å²) in [5.41, 5.74) is 7.54. The third-order valence-electron chi connectivity index (χ3n) is 3.04. The predicted molar refractivity (Wildman–Crippen MR) is 69.6 cm³/mol. The number of aromatic nitrogens is 1. The molecule has 0 aliphatic carbocycles. The molecular formula is C13H23N3O. The Morgan fingerprint density at radius 3 is 2.53 bits per heavy atom. The van der Waals surface area contributed by atoms with E-state index >= 15 is 0 Å². The van der Waals surface area contributed by atoms with E-state index < -0.39 is 0 Å². The van der Waals surface area contributed by atoms with Crippen LogP contribution in [0.15, 0.2) is 18.3 Å². The summed E-state index contributed by atoms with van der Waals surface area (Å²) in [5.74, 6) is 0. The standard InChI is InChI=1S/C13H23N3O/c1-13(2,16(3)4)10-17-9-12-6-5-11(7-14)8-15-12/h5-6,8H,7,9-10,14H2,1-4H3. The van der Waals surface area contributed by atoms with Crippen molar-refractivity contribution in [1.29, 1.82) is 0 Å². The van der Waals surface area contributed by atoms with E-state index in [9.17, 15) is 0 Å². The molecule has 4 nitrogen and oxygen atoms in total. The van der Waals surface area contributed by atoms with Crippen LogP contribution < -0.4 is 5.73 Å². The largest absolute Gasteiger partial charge is 0.373 e. The van der Waals surface area contributed by atoms with Gasteiger partial charge in [-0.25, -0.2) is 0 Å². The monoisotopic (exact) mass is 237 g/mol. The molecule has 1 aromatic rings. The lowest BCUT2D eigenvalue weighted by molar-refractivity contribution is 0.0262. The van der Waals surface area contributed by atoms with Gasteiger partial charge in [0.25, 0.3) is 0 Å². The minimum atomic E-state index is 0.0389. The van der Waals surface area contributed by atoms with Gasteiger partial charge in [0.2, 0.25) is 0 Å². The molecule has 0 bridgehead atoms. The number of ether oxygens (including phenoxy) is 1. The molecule has 0 aromatic carbocycles. The normalized spacial score (nSPS) is 12.1. The number of likely N-dealkylation sites (N-methyl/N-ethyl adjacent to an activating group) is 1. The zero-order chi connectivity index (χ0) is 12.9. The highest BCUT2D eigenvalue weighted by Crippen LogP contribution is 2.11. The summed E-state index contributed by atoms with van der Waals surface area (Å²) in [6.45, 7) is 6.06. The fraction of sp³-hybridized carbons (Fsp3) is 0.615. The Balaban J connectivity index is 2.40. The number of hydrogen-bond acceptors (Lipinski definition) is 4. The predicted octanol–water partition coefficient (Wildman–Crippen LogP) is 1.40. The highest BCUT2D eigenvalue weighted by atomic mass is 16.5. The average Bonchev–Trinajstić information content (AvgIpc) is 2.29. The summed E-state index contributed by atoms with van der Waals surface area (Å²) in [4.78, 5) is 6.45. The SMILES string of the molecule is CN(C)C(C)(C)COCc1ccc(CN)cn1. The van der Waals surface area contributed by atoms with Crippen molar-refractivity contribution in [2.75, 3.05) is 20.7 Å². The zero-order valence-corrected chi connectivity index (χ0v) is 11.2. The number of nitrogens with two attached hydrogens (primary N) is 1. The molecule has 0 radical (unpaired) electrons. The molecule has 2 N–H and O–H groups in total. The molecule has 0 aliphatic rings. The first-order valence-corrected chi connectivity index (χ1v) is 5.85. The van der Waals surface area contributed by atoms with Crippen molar-refractivity contribution >= 4 is 0 Å².